The molecule has 1 aromatic carbocycles. The molecule has 0 aromatic heterocycles. The third-order valence-electron chi connectivity index (χ3n) is 5.93. The fourth-order valence-corrected chi connectivity index (χ4v) is 4.24. The van der Waals surface area contributed by atoms with Gasteiger partial charge in [0.1, 0.15) is 11.8 Å². The van der Waals surface area contributed by atoms with E-state index in [2.05, 4.69) is 21.6 Å². The van der Waals surface area contributed by atoms with Gasteiger partial charge in [0.2, 0.25) is 0 Å². The number of benzene rings is 1. The van der Waals surface area contributed by atoms with Crippen molar-refractivity contribution in [1.82, 2.24) is 10.2 Å². The van der Waals surface area contributed by atoms with Crippen molar-refractivity contribution in [3.63, 3.8) is 0 Å². The zero-order valence-corrected chi connectivity index (χ0v) is 17.1. The first-order valence-corrected chi connectivity index (χ1v) is 10.7. The normalized spacial score (nSPS) is 21.0. The Balaban J connectivity index is 1.65. The zero-order chi connectivity index (χ0) is 20.9. The number of nitriles is 1. The smallest absolute Gasteiger partial charge is 0.351 e. The van der Waals surface area contributed by atoms with Crippen LogP contribution in [0.4, 0.5) is 17.1 Å². The molecular formula is C22H28N6O2. The average Bonchev–Trinajstić information content (AvgIpc) is 2.79. The number of carbonyl (C=O) groups excluding carboxylic acids is 1. The van der Waals surface area contributed by atoms with E-state index in [0.29, 0.717) is 41.1 Å². The number of aliphatic imine (C=N–C) groups is 1. The second-order valence-electron chi connectivity index (χ2n) is 8.00. The molecule has 4 rings (SSSR count). The number of hydrogen-bond donors (Lipinski definition) is 3. The van der Waals surface area contributed by atoms with Gasteiger partial charge in [0, 0.05) is 26.2 Å². The van der Waals surface area contributed by atoms with Crippen molar-refractivity contribution in [2.24, 2.45) is 10.9 Å². The minimum absolute atomic E-state index is 0.0583. The lowest BCUT2D eigenvalue weighted by atomic mass is 9.90. The monoisotopic (exact) mass is 408 g/mol. The minimum atomic E-state index is -0.605. The number of ether oxygens (including phenoxy) is 1. The van der Waals surface area contributed by atoms with Crippen molar-refractivity contribution >= 4 is 28.9 Å². The number of para-hydroxylation sites is 1. The topological polar surface area (TPSA) is 116 Å². The third kappa shape index (κ3) is 4.26. The Hall–Kier alpha value is -3.05. The number of esters is 1. The summed E-state index contributed by atoms with van der Waals surface area (Å²) in [5, 5.41) is 16.4. The van der Waals surface area contributed by atoms with Crippen LogP contribution in [-0.2, 0) is 9.53 Å². The quantitative estimate of drug-likeness (QED) is 0.305. The van der Waals surface area contributed by atoms with E-state index < -0.39 is 5.97 Å². The number of piperazine rings is 1. The Labute approximate surface area is 176 Å². The van der Waals surface area contributed by atoms with E-state index in [0.717, 1.165) is 39.0 Å². The van der Waals surface area contributed by atoms with Gasteiger partial charge < -0.3 is 26.0 Å². The summed E-state index contributed by atoms with van der Waals surface area (Å²) in [5.74, 6) is 0.358. The highest BCUT2D eigenvalue weighted by molar-refractivity contribution is 6.13. The van der Waals surface area contributed by atoms with Crippen LogP contribution >= 0.6 is 0 Å². The second-order valence-corrected chi connectivity index (χ2v) is 8.00. The van der Waals surface area contributed by atoms with E-state index >= 15 is 0 Å². The van der Waals surface area contributed by atoms with Gasteiger partial charge in [-0.15, -0.1) is 0 Å². The molecule has 2 heterocycles. The summed E-state index contributed by atoms with van der Waals surface area (Å²) >= 11 is 0. The number of hydrogen-bond acceptors (Lipinski definition) is 8. The van der Waals surface area contributed by atoms with Gasteiger partial charge in [-0.3, -0.25) is 0 Å². The lowest BCUT2D eigenvalue weighted by Gasteiger charge is -2.34. The van der Waals surface area contributed by atoms with Crippen molar-refractivity contribution < 1.29 is 9.53 Å². The van der Waals surface area contributed by atoms with Gasteiger partial charge in [-0.1, -0.05) is 25.3 Å². The van der Waals surface area contributed by atoms with Gasteiger partial charge in [0.05, 0.1) is 23.7 Å². The molecule has 0 amide bonds. The molecule has 1 saturated carbocycles. The predicted molar refractivity (Wildman–Crippen MR) is 116 cm³/mol. The molecule has 0 unspecified atom stereocenters. The molecule has 2 aliphatic heterocycles. The Bertz CT molecular complexity index is 905. The summed E-state index contributed by atoms with van der Waals surface area (Å²) in [4.78, 5) is 19.7. The van der Waals surface area contributed by atoms with Crippen molar-refractivity contribution in [3.8, 4) is 6.07 Å². The van der Waals surface area contributed by atoms with E-state index in [1.54, 1.807) is 6.07 Å². The molecule has 8 heteroatoms. The van der Waals surface area contributed by atoms with Crippen LogP contribution in [-0.4, -0.2) is 49.5 Å². The van der Waals surface area contributed by atoms with Crippen molar-refractivity contribution in [3.05, 3.63) is 29.5 Å². The molecule has 30 heavy (non-hydrogen) atoms. The highest BCUT2D eigenvalue weighted by Crippen LogP contribution is 2.37. The highest BCUT2D eigenvalue weighted by atomic mass is 16.5. The molecule has 0 bridgehead atoms. The Morgan fingerprint density at radius 2 is 2.03 bits per heavy atom. The number of nitrogens with one attached hydrogen (secondary N) is 2. The van der Waals surface area contributed by atoms with Crippen LogP contribution < -0.4 is 16.4 Å². The maximum absolute atomic E-state index is 12.9. The van der Waals surface area contributed by atoms with Crippen molar-refractivity contribution in [2.45, 2.75) is 32.1 Å². The summed E-state index contributed by atoms with van der Waals surface area (Å²) < 4.78 is 5.57. The standard InChI is InChI=1S/C22H28N6O2/c23-13-16(22(29)30-14-15-5-2-1-3-6-15)19-21(28-11-9-25-10-12-28)26-18-8-4-7-17(24)20(18)27-19/h4,7-8,15,25,27H,1-3,5-6,9-12,14,24H2/b19-16+. The van der Waals surface area contributed by atoms with Crippen LogP contribution in [0.3, 0.4) is 0 Å². The number of rotatable bonds is 3. The second kappa shape index (κ2) is 9.18. The summed E-state index contributed by atoms with van der Waals surface area (Å²) in [5.41, 5.74) is 8.26. The van der Waals surface area contributed by atoms with Crippen LogP contribution in [0.15, 0.2) is 34.5 Å². The van der Waals surface area contributed by atoms with Crippen LogP contribution in [0, 0.1) is 17.2 Å². The zero-order valence-electron chi connectivity index (χ0n) is 17.1. The van der Waals surface area contributed by atoms with E-state index in [9.17, 15) is 10.1 Å². The SMILES string of the molecule is N#C/C(C(=O)OCC1CCCCC1)=C1\Nc2c(N)cccc2N=C1N1CCNCC1. The summed E-state index contributed by atoms with van der Waals surface area (Å²) in [6.45, 7) is 3.44. The molecule has 1 aliphatic carbocycles. The number of carbonyl (C=O) groups is 1. The number of amidine groups is 1. The number of nitrogens with zero attached hydrogens (tertiary/aromatic N) is 3. The number of nitrogen functional groups attached to an aromatic ring is 1. The lowest BCUT2D eigenvalue weighted by molar-refractivity contribution is -0.140. The van der Waals surface area contributed by atoms with E-state index in [-0.39, 0.29) is 5.57 Å². The molecule has 158 valence electrons. The first-order valence-electron chi connectivity index (χ1n) is 10.7. The Morgan fingerprint density at radius 1 is 1.27 bits per heavy atom. The maximum Gasteiger partial charge on any atom is 0.351 e. The van der Waals surface area contributed by atoms with Crippen LogP contribution in [0.2, 0.25) is 0 Å². The molecule has 8 nitrogen and oxygen atoms in total. The van der Waals surface area contributed by atoms with Gasteiger partial charge >= 0.3 is 5.97 Å². The first kappa shape index (κ1) is 20.2. The average molecular weight is 409 g/mol. The van der Waals surface area contributed by atoms with Crippen LogP contribution in [0.5, 0.6) is 0 Å². The lowest BCUT2D eigenvalue weighted by Crippen LogP contribution is -2.48. The fraction of sp³-hybridized carbons (Fsp3) is 0.500. The molecule has 1 saturated heterocycles. The molecule has 1 aromatic rings. The molecule has 0 spiro atoms. The summed E-state index contributed by atoms with van der Waals surface area (Å²) in [7, 11) is 0. The Kier molecular flexibility index (Phi) is 6.19. The van der Waals surface area contributed by atoms with E-state index in [4.69, 9.17) is 15.5 Å². The number of fused-ring (bicyclic) bond motifs is 1. The summed E-state index contributed by atoms with van der Waals surface area (Å²) in [6.07, 6.45) is 5.73. The molecule has 4 N–H and O–H groups in total. The van der Waals surface area contributed by atoms with E-state index in [1.165, 1.54) is 19.3 Å². The number of nitrogens with two attached hydrogens (primary N) is 1. The predicted octanol–water partition coefficient (Wildman–Crippen LogP) is 2.53. The van der Waals surface area contributed by atoms with E-state index in [1.807, 2.05) is 12.1 Å². The highest BCUT2D eigenvalue weighted by Gasteiger charge is 2.30. The Morgan fingerprint density at radius 3 is 2.77 bits per heavy atom. The van der Waals surface area contributed by atoms with Gasteiger partial charge in [0.25, 0.3) is 0 Å². The molecular weight excluding hydrogens is 380 g/mol. The van der Waals surface area contributed by atoms with Gasteiger partial charge in [0.15, 0.2) is 11.4 Å². The minimum Gasteiger partial charge on any atom is -0.461 e. The van der Waals surface area contributed by atoms with Gasteiger partial charge in [-0.25, -0.2) is 9.79 Å². The third-order valence-corrected chi connectivity index (χ3v) is 5.93. The fourth-order valence-electron chi connectivity index (χ4n) is 4.24. The summed E-state index contributed by atoms with van der Waals surface area (Å²) in [6, 6.07) is 7.53. The largest absolute Gasteiger partial charge is 0.461 e. The molecule has 0 atom stereocenters. The molecule has 0 radical (unpaired) electrons. The molecule has 3 aliphatic rings. The van der Waals surface area contributed by atoms with Crippen LogP contribution in [0.1, 0.15) is 32.1 Å². The van der Waals surface area contributed by atoms with Crippen LogP contribution in [0.25, 0.3) is 0 Å². The van der Waals surface area contributed by atoms with Crippen molar-refractivity contribution in [2.75, 3.05) is 43.8 Å². The van der Waals surface area contributed by atoms with Gasteiger partial charge in [-0.2, -0.15) is 5.26 Å². The number of anilines is 2. The molecule has 2 fully saturated rings. The first-order chi connectivity index (χ1) is 14.7. The van der Waals surface area contributed by atoms with Gasteiger partial charge in [-0.05, 0) is 30.9 Å². The maximum atomic E-state index is 12.9. The van der Waals surface area contributed by atoms with Crippen molar-refractivity contribution in [1.29, 1.82) is 5.26 Å².